The van der Waals surface area contributed by atoms with Gasteiger partial charge in [0.25, 0.3) is 0 Å². The van der Waals surface area contributed by atoms with Gasteiger partial charge in [0.15, 0.2) is 0 Å². The predicted molar refractivity (Wildman–Crippen MR) is 84.8 cm³/mol. The Morgan fingerprint density at radius 2 is 1.76 bits per heavy atom. The number of aliphatic hydroxyl groups excluding tert-OH is 1. The van der Waals surface area contributed by atoms with Gasteiger partial charge in [-0.25, -0.2) is 0 Å². The number of rotatable bonds is 8. The molecule has 2 heterocycles. The molecule has 0 aliphatic carbocycles. The third kappa shape index (κ3) is 4.70. The molecule has 1 atom stereocenters. The van der Waals surface area contributed by atoms with Gasteiger partial charge in [-0.05, 0) is 25.7 Å². The van der Waals surface area contributed by atoms with Gasteiger partial charge in [0.1, 0.15) is 0 Å². The molecule has 7 heteroatoms. The van der Waals surface area contributed by atoms with Crippen LogP contribution < -0.4 is 15.5 Å². The van der Waals surface area contributed by atoms with E-state index in [0.29, 0.717) is 24.9 Å². The van der Waals surface area contributed by atoms with Gasteiger partial charge >= 0.3 is 0 Å². The fourth-order valence-corrected chi connectivity index (χ4v) is 2.17. The highest BCUT2D eigenvalue weighted by molar-refractivity contribution is 5.44. The maximum Gasteiger partial charge on any atom is 0.231 e. The minimum Gasteiger partial charge on any atom is -0.391 e. The lowest BCUT2D eigenvalue weighted by Gasteiger charge is -2.17. The summed E-state index contributed by atoms with van der Waals surface area (Å²) in [5.74, 6) is 1.84. The second-order valence-corrected chi connectivity index (χ2v) is 5.35. The topological polar surface area (TPSA) is 86.2 Å². The van der Waals surface area contributed by atoms with Crippen LogP contribution in [0.1, 0.15) is 39.5 Å². The first-order valence-corrected chi connectivity index (χ1v) is 7.89. The molecule has 0 amide bonds. The summed E-state index contributed by atoms with van der Waals surface area (Å²) >= 11 is 0. The van der Waals surface area contributed by atoms with E-state index in [0.717, 1.165) is 32.0 Å². The van der Waals surface area contributed by atoms with Crippen LogP contribution in [-0.4, -0.2) is 52.3 Å². The van der Waals surface area contributed by atoms with E-state index in [1.807, 2.05) is 6.92 Å². The van der Waals surface area contributed by atoms with Gasteiger partial charge in [-0.15, -0.1) is 0 Å². The summed E-state index contributed by atoms with van der Waals surface area (Å²) in [6, 6.07) is 0. The molecule has 1 unspecified atom stereocenters. The molecule has 0 bridgehead atoms. The van der Waals surface area contributed by atoms with E-state index in [9.17, 15) is 5.11 Å². The molecule has 1 fully saturated rings. The van der Waals surface area contributed by atoms with Crippen LogP contribution in [0.4, 0.5) is 17.8 Å². The maximum absolute atomic E-state index is 9.65. The Morgan fingerprint density at radius 3 is 2.38 bits per heavy atom. The molecule has 7 nitrogen and oxygen atoms in total. The molecule has 0 aromatic carbocycles. The second kappa shape index (κ2) is 7.97. The summed E-state index contributed by atoms with van der Waals surface area (Å²) in [7, 11) is 0. The molecular formula is C14H26N6O. The molecule has 2 rings (SSSR count). The standard InChI is InChI=1S/C14H26N6O/c1-3-7-15-12-17-13(16-10-11(21)4-2)19-14(18-12)20-8-5-6-9-20/h11,21H,3-10H2,1-2H3,(H2,15,16,17,18,19). The smallest absolute Gasteiger partial charge is 0.231 e. The van der Waals surface area contributed by atoms with Crippen LogP contribution in [0.25, 0.3) is 0 Å². The van der Waals surface area contributed by atoms with Gasteiger partial charge in [-0.1, -0.05) is 13.8 Å². The van der Waals surface area contributed by atoms with E-state index in [2.05, 4.69) is 37.4 Å². The van der Waals surface area contributed by atoms with E-state index in [1.165, 1.54) is 12.8 Å². The highest BCUT2D eigenvalue weighted by atomic mass is 16.3. The van der Waals surface area contributed by atoms with Crippen molar-refractivity contribution >= 4 is 17.8 Å². The molecule has 1 aromatic rings. The van der Waals surface area contributed by atoms with Crippen LogP contribution in [0, 0.1) is 0 Å². The molecule has 0 spiro atoms. The van der Waals surface area contributed by atoms with Crippen LogP contribution in [0.5, 0.6) is 0 Å². The molecule has 3 N–H and O–H groups in total. The fourth-order valence-electron chi connectivity index (χ4n) is 2.17. The number of hydrogen-bond donors (Lipinski definition) is 3. The Balaban J connectivity index is 2.11. The summed E-state index contributed by atoms with van der Waals surface area (Å²) < 4.78 is 0. The van der Waals surface area contributed by atoms with E-state index in [-0.39, 0.29) is 6.10 Å². The van der Waals surface area contributed by atoms with Crippen molar-refractivity contribution in [2.24, 2.45) is 0 Å². The molecule has 118 valence electrons. The first-order chi connectivity index (χ1) is 10.2. The molecule has 1 aliphatic heterocycles. The minimum atomic E-state index is -0.385. The van der Waals surface area contributed by atoms with Gasteiger partial charge in [-0.2, -0.15) is 15.0 Å². The second-order valence-electron chi connectivity index (χ2n) is 5.35. The SMILES string of the molecule is CCCNc1nc(NCC(O)CC)nc(N2CCCC2)n1. The summed E-state index contributed by atoms with van der Waals surface area (Å²) in [6.07, 6.45) is 3.70. The monoisotopic (exact) mass is 294 g/mol. The Morgan fingerprint density at radius 1 is 1.10 bits per heavy atom. The number of aromatic nitrogens is 3. The molecule has 0 saturated carbocycles. The zero-order chi connectivity index (χ0) is 15.1. The molecule has 1 saturated heterocycles. The maximum atomic E-state index is 9.65. The van der Waals surface area contributed by atoms with Gasteiger partial charge in [0.05, 0.1) is 6.10 Å². The van der Waals surface area contributed by atoms with Gasteiger partial charge in [-0.3, -0.25) is 0 Å². The van der Waals surface area contributed by atoms with E-state index >= 15 is 0 Å². The molecule has 0 radical (unpaired) electrons. The molecule has 1 aliphatic rings. The quantitative estimate of drug-likeness (QED) is 0.669. The first-order valence-electron chi connectivity index (χ1n) is 7.89. The Kier molecular flexibility index (Phi) is 5.98. The van der Waals surface area contributed by atoms with Gasteiger partial charge < -0.3 is 20.6 Å². The van der Waals surface area contributed by atoms with Crippen molar-refractivity contribution in [1.29, 1.82) is 0 Å². The summed E-state index contributed by atoms with van der Waals surface area (Å²) in [4.78, 5) is 15.5. The van der Waals surface area contributed by atoms with E-state index < -0.39 is 0 Å². The van der Waals surface area contributed by atoms with Crippen molar-refractivity contribution in [3.05, 3.63) is 0 Å². The molecular weight excluding hydrogens is 268 g/mol. The van der Waals surface area contributed by atoms with E-state index in [4.69, 9.17) is 0 Å². The van der Waals surface area contributed by atoms with Gasteiger partial charge in [0.2, 0.25) is 17.8 Å². The van der Waals surface area contributed by atoms with Crippen molar-refractivity contribution in [3.8, 4) is 0 Å². The van der Waals surface area contributed by atoms with Crippen molar-refractivity contribution in [2.75, 3.05) is 41.7 Å². The third-order valence-electron chi connectivity index (χ3n) is 3.51. The van der Waals surface area contributed by atoms with Crippen molar-refractivity contribution < 1.29 is 5.11 Å². The van der Waals surface area contributed by atoms with Crippen LogP contribution in [0.3, 0.4) is 0 Å². The number of aliphatic hydroxyl groups is 1. The number of anilines is 3. The predicted octanol–water partition coefficient (Wildman–Crippen LogP) is 1.48. The van der Waals surface area contributed by atoms with Crippen molar-refractivity contribution in [2.45, 2.75) is 45.6 Å². The largest absolute Gasteiger partial charge is 0.391 e. The zero-order valence-corrected chi connectivity index (χ0v) is 13.0. The first kappa shape index (κ1) is 15.8. The summed E-state index contributed by atoms with van der Waals surface area (Å²) in [5, 5.41) is 16.0. The number of nitrogens with zero attached hydrogens (tertiary/aromatic N) is 4. The lowest BCUT2D eigenvalue weighted by atomic mass is 10.3. The van der Waals surface area contributed by atoms with Crippen molar-refractivity contribution in [1.82, 2.24) is 15.0 Å². The molecule has 21 heavy (non-hydrogen) atoms. The lowest BCUT2D eigenvalue weighted by molar-refractivity contribution is 0.183. The Hall–Kier alpha value is -1.63. The average molecular weight is 294 g/mol. The average Bonchev–Trinajstić information content (AvgIpc) is 3.04. The Bertz CT molecular complexity index is 435. The van der Waals surface area contributed by atoms with Crippen LogP contribution >= 0.6 is 0 Å². The molecule has 1 aromatic heterocycles. The third-order valence-corrected chi connectivity index (χ3v) is 3.51. The van der Waals surface area contributed by atoms with Crippen molar-refractivity contribution in [3.63, 3.8) is 0 Å². The van der Waals surface area contributed by atoms with Gasteiger partial charge in [0, 0.05) is 26.2 Å². The zero-order valence-electron chi connectivity index (χ0n) is 13.0. The highest BCUT2D eigenvalue weighted by Gasteiger charge is 2.17. The van der Waals surface area contributed by atoms with Crippen LogP contribution in [0.2, 0.25) is 0 Å². The Labute approximate surface area is 126 Å². The minimum absolute atomic E-state index is 0.385. The summed E-state index contributed by atoms with van der Waals surface area (Å²) in [5.41, 5.74) is 0. The summed E-state index contributed by atoms with van der Waals surface area (Å²) in [6.45, 7) is 7.33. The highest BCUT2D eigenvalue weighted by Crippen LogP contribution is 2.18. The van der Waals surface area contributed by atoms with Crippen LogP contribution in [-0.2, 0) is 0 Å². The fraction of sp³-hybridized carbons (Fsp3) is 0.786. The number of hydrogen-bond acceptors (Lipinski definition) is 7. The van der Waals surface area contributed by atoms with Crippen LogP contribution in [0.15, 0.2) is 0 Å². The van der Waals surface area contributed by atoms with E-state index in [1.54, 1.807) is 0 Å². The number of nitrogens with one attached hydrogen (secondary N) is 2. The normalized spacial score (nSPS) is 16.0. The lowest BCUT2D eigenvalue weighted by Crippen LogP contribution is -2.24.